The Morgan fingerprint density at radius 3 is 2.12 bits per heavy atom. The Bertz CT molecular complexity index is 1550. The van der Waals surface area contributed by atoms with Crippen LogP contribution < -0.4 is 14.2 Å². The fourth-order valence-corrected chi connectivity index (χ4v) is 7.17. The van der Waals surface area contributed by atoms with Gasteiger partial charge in [-0.3, -0.25) is 18.2 Å². The first-order valence-corrected chi connectivity index (χ1v) is 14.0. The second-order valence-electron chi connectivity index (χ2n) is 7.17. The third-order valence-electron chi connectivity index (χ3n) is 4.56. The van der Waals surface area contributed by atoms with Gasteiger partial charge < -0.3 is 0 Å². The number of sulfonamides is 2. The van der Waals surface area contributed by atoms with Crippen LogP contribution in [0.4, 0.5) is 11.4 Å². The molecular formula is C20H19N3O5S4. The zero-order chi connectivity index (χ0) is 23.1. The van der Waals surface area contributed by atoms with Crippen LogP contribution >= 0.6 is 22.9 Å². The van der Waals surface area contributed by atoms with Gasteiger partial charge in [-0.15, -0.1) is 11.3 Å². The number of nitrogens with one attached hydrogen (secondary N) is 2. The summed E-state index contributed by atoms with van der Waals surface area (Å²) in [6, 6.07) is 13.6. The van der Waals surface area contributed by atoms with Crippen molar-refractivity contribution < 1.29 is 16.8 Å². The monoisotopic (exact) mass is 509 g/mol. The van der Waals surface area contributed by atoms with Crippen molar-refractivity contribution in [3.8, 4) is 0 Å². The van der Waals surface area contributed by atoms with Crippen molar-refractivity contribution in [2.75, 3.05) is 9.44 Å². The fraction of sp³-hybridized carbons (Fsp3) is 0.150. The summed E-state index contributed by atoms with van der Waals surface area (Å²) in [6.07, 6.45) is 0. The molecule has 2 N–H and O–H groups in total. The first-order valence-electron chi connectivity index (χ1n) is 9.42. The number of anilines is 2. The molecule has 4 rings (SSSR count). The first kappa shape index (κ1) is 22.5. The van der Waals surface area contributed by atoms with Crippen LogP contribution in [0.1, 0.15) is 19.9 Å². The third-order valence-corrected chi connectivity index (χ3v) is 9.89. The summed E-state index contributed by atoms with van der Waals surface area (Å²) in [7, 11) is -7.95. The molecule has 0 radical (unpaired) electrons. The smallest absolute Gasteiger partial charge is 0.271 e. The lowest BCUT2D eigenvalue weighted by molar-refractivity contribution is 0.599. The molecule has 2 aromatic carbocycles. The molecule has 0 bridgehead atoms. The number of para-hydroxylation sites is 2. The summed E-state index contributed by atoms with van der Waals surface area (Å²) in [5.41, 5.74) is 0.818. The minimum Gasteiger partial charge on any atom is -0.292 e. The van der Waals surface area contributed by atoms with Gasteiger partial charge in [-0.1, -0.05) is 18.2 Å². The Morgan fingerprint density at radius 2 is 1.53 bits per heavy atom. The van der Waals surface area contributed by atoms with Crippen LogP contribution in [0, 0.1) is 0 Å². The van der Waals surface area contributed by atoms with Crippen molar-refractivity contribution in [3.05, 3.63) is 69.5 Å². The van der Waals surface area contributed by atoms with Crippen LogP contribution in [-0.2, 0) is 20.0 Å². The summed E-state index contributed by atoms with van der Waals surface area (Å²) in [4.78, 5) is 12.3. The van der Waals surface area contributed by atoms with Crippen LogP contribution in [0.2, 0.25) is 0 Å². The SMILES string of the molecule is CC(C)n1sc(=O)c2cc(S(=O)(=O)Nc3ccccc3NS(=O)(=O)c3cccs3)ccc21. The summed E-state index contributed by atoms with van der Waals surface area (Å²) in [6.45, 7) is 3.88. The van der Waals surface area contributed by atoms with Gasteiger partial charge in [-0.25, -0.2) is 16.8 Å². The average molecular weight is 510 g/mol. The molecule has 32 heavy (non-hydrogen) atoms. The third kappa shape index (κ3) is 4.31. The van der Waals surface area contributed by atoms with Gasteiger partial charge in [0.1, 0.15) is 4.21 Å². The molecule has 2 aromatic heterocycles. The van der Waals surface area contributed by atoms with E-state index in [9.17, 15) is 21.6 Å². The van der Waals surface area contributed by atoms with Crippen LogP contribution in [0.25, 0.3) is 10.9 Å². The largest absolute Gasteiger partial charge is 0.292 e. The number of hydrogen-bond acceptors (Lipinski definition) is 7. The van der Waals surface area contributed by atoms with E-state index in [1.54, 1.807) is 29.6 Å². The van der Waals surface area contributed by atoms with E-state index in [2.05, 4.69) is 9.44 Å². The van der Waals surface area contributed by atoms with E-state index in [0.717, 1.165) is 22.9 Å². The second-order valence-corrected chi connectivity index (χ2v) is 12.7. The van der Waals surface area contributed by atoms with Crippen LogP contribution in [-0.4, -0.2) is 20.8 Å². The van der Waals surface area contributed by atoms with Crippen LogP contribution in [0.5, 0.6) is 0 Å². The van der Waals surface area contributed by atoms with E-state index in [1.807, 2.05) is 17.8 Å². The van der Waals surface area contributed by atoms with Gasteiger partial charge in [-0.05, 0) is 67.2 Å². The number of hydrogen-bond donors (Lipinski definition) is 2. The first-order chi connectivity index (χ1) is 15.1. The van der Waals surface area contributed by atoms with E-state index in [-0.39, 0.29) is 31.3 Å². The highest BCUT2D eigenvalue weighted by Gasteiger charge is 2.21. The molecule has 0 aliphatic heterocycles. The van der Waals surface area contributed by atoms with Crippen molar-refractivity contribution in [3.63, 3.8) is 0 Å². The summed E-state index contributed by atoms with van der Waals surface area (Å²) in [5.74, 6) is 0. The Balaban J connectivity index is 1.69. The zero-order valence-corrected chi connectivity index (χ0v) is 20.2. The minimum atomic E-state index is -4.09. The van der Waals surface area contributed by atoms with E-state index >= 15 is 0 Å². The normalized spacial score (nSPS) is 12.3. The Kier molecular flexibility index (Phi) is 5.88. The van der Waals surface area contributed by atoms with Crippen molar-refractivity contribution in [1.82, 2.24) is 3.96 Å². The number of thiophene rings is 1. The molecule has 8 nitrogen and oxygen atoms in total. The van der Waals surface area contributed by atoms with Crippen LogP contribution in [0.3, 0.4) is 0 Å². The number of rotatable bonds is 7. The average Bonchev–Trinajstić information content (AvgIpc) is 3.38. The number of benzene rings is 2. The zero-order valence-electron chi connectivity index (χ0n) is 17.0. The molecule has 168 valence electrons. The topological polar surface area (TPSA) is 114 Å². The molecule has 0 fully saturated rings. The minimum absolute atomic E-state index is 0.0639. The van der Waals surface area contributed by atoms with Gasteiger partial charge in [0.15, 0.2) is 0 Å². The quantitative estimate of drug-likeness (QED) is 0.385. The molecule has 0 saturated carbocycles. The molecule has 0 aliphatic carbocycles. The van der Waals surface area contributed by atoms with Gasteiger partial charge >= 0.3 is 0 Å². The molecule has 0 amide bonds. The maximum absolute atomic E-state index is 13.1. The fourth-order valence-electron chi connectivity index (χ4n) is 3.09. The van der Waals surface area contributed by atoms with Gasteiger partial charge in [0, 0.05) is 6.04 Å². The van der Waals surface area contributed by atoms with Crippen molar-refractivity contribution in [1.29, 1.82) is 0 Å². The lowest BCUT2D eigenvalue weighted by Crippen LogP contribution is -2.17. The van der Waals surface area contributed by atoms with Crippen molar-refractivity contribution in [2.45, 2.75) is 29.0 Å². The molecule has 0 spiro atoms. The highest BCUT2D eigenvalue weighted by atomic mass is 32.2. The van der Waals surface area contributed by atoms with E-state index < -0.39 is 20.0 Å². The van der Waals surface area contributed by atoms with E-state index in [1.165, 1.54) is 30.3 Å². The van der Waals surface area contributed by atoms with Crippen molar-refractivity contribution >= 4 is 65.2 Å². The lowest BCUT2D eigenvalue weighted by atomic mass is 10.2. The molecule has 0 unspecified atom stereocenters. The van der Waals surface area contributed by atoms with Gasteiger partial charge in [0.05, 0.1) is 27.2 Å². The number of nitrogens with zero attached hydrogens (tertiary/aromatic N) is 1. The number of fused-ring (bicyclic) bond motifs is 1. The highest BCUT2D eigenvalue weighted by Crippen LogP contribution is 2.29. The standard InChI is InChI=1S/C20H19N3O5S4/c1-13(2)23-18-10-9-14(12-15(18)20(24)30-23)31(25,26)21-16-6-3-4-7-17(16)22-32(27,28)19-8-5-11-29-19/h3-13,21-22H,1-2H3. The molecule has 0 saturated heterocycles. The van der Waals surface area contributed by atoms with Gasteiger partial charge in [0.25, 0.3) is 24.8 Å². The Hall–Kier alpha value is -2.67. The van der Waals surface area contributed by atoms with E-state index in [4.69, 9.17) is 0 Å². The second kappa shape index (κ2) is 8.35. The highest BCUT2D eigenvalue weighted by molar-refractivity contribution is 7.94. The lowest BCUT2D eigenvalue weighted by Gasteiger charge is -2.14. The van der Waals surface area contributed by atoms with Gasteiger partial charge in [-0.2, -0.15) is 0 Å². The molecular weight excluding hydrogens is 491 g/mol. The van der Waals surface area contributed by atoms with Crippen molar-refractivity contribution in [2.24, 2.45) is 0 Å². The Morgan fingerprint density at radius 1 is 0.875 bits per heavy atom. The maximum atomic E-state index is 13.1. The maximum Gasteiger partial charge on any atom is 0.271 e. The molecule has 4 aromatic rings. The predicted molar refractivity (Wildman–Crippen MR) is 129 cm³/mol. The van der Waals surface area contributed by atoms with E-state index in [0.29, 0.717) is 10.9 Å². The summed E-state index contributed by atoms with van der Waals surface area (Å²) >= 11 is 2.09. The number of aromatic nitrogens is 1. The molecule has 0 aliphatic rings. The summed E-state index contributed by atoms with van der Waals surface area (Å²) in [5, 5.41) is 1.95. The molecule has 12 heteroatoms. The summed E-state index contributed by atoms with van der Waals surface area (Å²) < 4.78 is 57.8. The van der Waals surface area contributed by atoms with Gasteiger partial charge in [0.2, 0.25) is 0 Å². The molecule has 0 atom stereocenters. The Labute approximate surface area is 193 Å². The molecule has 2 heterocycles. The van der Waals surface area contributed by atoms with Crippen LogP contribution in [0.15, 0.2) is 73.9 Å². The predicted octanol–water partition coefficient (Wildman–Crippen LogP) is 4.31.